The Hall–Kier alpha value is -4.57. The highest BCUT2D eigenvalue weighted by molar-refractivity contribution is 7.17. The number of thiophene rings is 1. The van der Waals surface area contributed by atoms with Crippen LogP contribution >= 0.6 is 11.3 Å². The monoisotopic (exact) mass is 585 g/mol. The van der Waals surface area contributed by atoms with E-state index in [4.69, 9.17) is 9.47 Å². The van der Waals surface area contributed by atoms with Gasteiger partial charge in [-0.15, -0.1) is 11.3 Å². The molecule has 0 bridgehead atoms. The first-order valence-corrected chi connectivity index (χ1v) is 14.8. The molecule has 0 atom stereocenters. The minimum absolute atomic E-state index is 0.0651. The number of nitrogens with zero attached hydrogens (tertiary/aromatic N) is 2. The number of rotatable bonds is 9. The highest BCUT2D eigenvalue weighted by Gasteiger charge is 2.29. The number of esters is 2. The van der Waals surface area contributed by atoms with Gasteiger partial charge in [-0.2, -0.15) is 5.10 Å². The second kappa shape index (κ2) is 12.9. The molecule has 4 aromatic rings. The molecule has 0 fully saturated rings. The summed E-state index contributed by atoms with van der Waals surface area (Å²) in [5, 5.41) is 7.82. The normalized spacial score (nSPS) is 12.3. The highest BCUT2D eigenvalue weighted by Crippen LogP contribution is 2.39. The summed E-state index contributed by atoms with van der Waals surface area (Å²) < 4.78 is 11.6. The maximum Gasteiger partial charge on any atom is 0.344 e. The molecule has 42 heavy (non-hydrogen) atoms. The van der Waals surface area contributed by atoms with E-state index in [0.29, 0.717) is 32.9 Å². The van der Waals surface area contributed by atoms with Crippen LogP contribution in [0, 0.1) is 0 Å². The minimum Gasteiger partial charge on any atom is -0.462 e. The number of fused-ring (bicyclic) bond motifs is 1. The number of benzene rings is 2. The van der Waals surface area contributed by atoms with Crippen LogP contribution in [0.5, 0.6) is 0 Å². The van der Waals surface area contributed by atoms with Gasteiger partial charge in [0.2, 0.25) is 5.91 Å². The predicted molar refractivity (Wildman–Crippen MR) is 161 cm³/mol. The van der Waals surface area contributed by atoms with Gasteiger partial charge >= 0.3 is 11.9 Å². The summed E-state index contributed by atoms with van der Waals surface area (Å²) in [4.78, 5) is 54.4. The summed E-state index contributed by atoms with van der Waals surface area (Å²) in [5.41, 5.74) is 2.30. The second-order valence-electron chi connectivity index (χ2n) is 9.70. The lowest BCUT2D eigenvalue weighted by atomic mass is 9.95. The third kappa shape index (κ3) is 5.89. The molecule has 10 heteroatoms. The van der Waals surface area contributed by atoms with Crippen LogP contribution in [-0.4, -0.2) is 40.8 Å². The van der Waals surface area contributed by atoms with Gasteiger partial charge in [0, 0.05) is 16.0 Å². The number of carbonyl (C=O) groups is 3. The Morgan fingerprint density at radius 1 is 0.857 bits per heavy atom. The van der Waals surface area contributed by atoms with Gasteiger partial charge in [0.05, 0.1) is 24.5 Å². The fourth-order valence-electron chi connectivity index (χ4n) is 5.13. The van der Waals surface area contributed by atoms with Gasteiger partial charge in [0.25, 0.3) is 5.56 Å². The molecular weight excluding hydrogens is 554 g/mol. The van der Waals surface area contributed by atoms with E-state index in [9.17, 15) is 19.2 Å². The van der Waals surface area contributed by atoms with E-state index in [1.54, 1.807) is 38.1 Å². The summed E-state index contributed by atoms with van der Waals surface area (Å²) >= 11 is 1.36. The second-order valence-corrected chi connectivity index (χ2v) is 10.8. The number of hydrogen-bond donors (Lipinski definition) is 1. The molecular formula is C32H31N3O6S. The maximum atomic E-state index is 13.8. The van der Waals surface area contributed by atoms with E-state index in [1.165, 1.54) is 11.3 Å². The fraction of sp³-hybridized carbons (Fsp3) is 0.281. The van der Waals surface area contributed by atoms with Gasteiger partial charge in [-0.05, 0) is 50.7 Å². The Morgan fingerprint density at radius 2 is 1.45 bits per heavy atom. The fourth-order valence-corrected chi connectivity index (χ4v) is 6.42. The van der Waals surface area contributed by atoms with Crippen molar-refractivity contribution < 1.29 is 23.9 Å². The van der Waals surface area contributed by atoms with Gasteiger partial charge < -0.3 is 14.8 Å². The van der Waals surface area contributed by atoms with E-state index in [2.05, 4.69) is 10.4 Å². The van der Waals surface area contributed by atoms with Crippen LogP contribution in [0.3, 0.4) is 0 Å². The molecule has 0 saturated carbocycles. The van der Waals surface area contributed by atoms with Crippen molar-refractivity contribution in [3.63, 3.8) is 0 Å². The Labute approximate surface area is 247 Å². The van der Waals surface area contributed by atoms with Crippen LogP contribution in [0.25, 0.3) is 22.4 Å². The van der Waals surface area contributed by atoms with E-state index in [0.717, 1.165) is 40.8 Å². The van der Waals surface area contributed by atoms with Crippen molar-refractivity contribution in [3.05, 3.63) is 92.6 Å². The first kappa shape index (κ1) is 28.9. The molecule has 216 valence electrons. The van der Waals surface area contributed by atoms with Gasteiger partial charge in [-0.3, -0.25) is 9.59 Å². The van der Waals surface area contributed by atoms with E-state index in [-0.39, 0.29) is 18.8 Å². The van der Waals surface area contributed by atoms with Crippen molar-refractivity contribution in [2.24, 2.45) is 0 Å². The van der Waals surface area contributed by atoms with Gasteiger partial charge in [-0.1, -0.05) is 60.7 Å². The number of aryl methyl sites for hydroxylation is 1. The SMILES string of the molecule is CCOC(=O)c1c(NC(=O)Cn2nc(-c3ccccc3)c(-c3ccccc3)c(C(=O)OCC)c2=O)sc2c1CCCC2. The van der Waals surface area contributed by atoms with Crippen molar-refractivity contribution in [1.29, 1.82) is 0 Å². The summed E-state index contributed by atoms with van der Waals surface area (Å²) in [6.45, 7) is 3.19. The topological polar surface area (TPSA) is 117 Å². The molecule has 1 amide bonds. The first-order chi connectivity index (χ1) is 20.4. The number of aromatic nitrogens is 2. The summed E-state index contributed by atoms with van der Waals surface area (Å²) in [5.74, 6) is -1.84. The third-order valence-electron chi connectivity index (χ3n) is 6.94. The zero-order valence-electron chi connectivity index (χ0n) is 23.5. The van der Waals surface area contributed by atoms with E-state index in [1.807, 2.05) is 36.4 Å². The number of nitrogens with one attached hydrogen (secondary N) is 1. The van der Waals surface area contributed by atoms with Crippen LogP contribution in [0.4, 0.5) is 5.00 Å². The highest BCUT2D eigenvalue weighted by atomic mass is 32.1. The van der Waals surface area contributed by atoms with E-state index < -0.39 is 29.9 Å². The number of anilines is 1. The molecule has 9 nitrogen and oxygen atoms in total. The molecule has 1 aliphatic carbocycles. The minimum atomic E-state index is -0.800. The molecule has 0 spiro atoms. The number of ether oxygens (including phenoxy) is 2. The lowest BCUT2D eigenvalue weighted by molar-refractivity contribution is -0.117. The summed E-state index contributed by atoms with van der Waals surface area (Å²) in [6, 6.07) is 18.2. The standard InChI is InChI=1S/C32H31N3O6S/c1-3-40-31(38)26-22-17-11-12-18-23(22)42-29(26)33-24(36)19-35-30(37)27(32(39)41-4-2)25(20-13-7-5-8-14-20)28(34-35)21-15-9-6-10-16-21/h5-10,13-16H,3-4,11-12,17-19H2,1-2H3,(H,33,36). The Kier molecular flexibility index (Phi) is 8.92. The molecule has 2 heterocycles. The molecule has 1 aliphatic rings. The Balaban J connectivity index is 1.59. The predicted octanol–water partition coefficient (Wildman–Crippen LogP) is 5.51. The van der Waals surface area contributed by atoms with Gasteiger partial charge in [-0.25, -0.2) is 14.3 Å². The first-order valence-electron chi connectivity index (χ1n) is 14.0. The molecule has 0 aliphatic heterocycles. The summed E-state index contributed by atoms with van der Waals surface area (Å²) in [6.07, 6.45) is 3.53. The quantitative estimate of drug-likeness (QED) is 0.258. The molecule has 2 aromatic heterocycles. The number of carbonyl (C=O) groups excluding carboxylic acids is 3. The van der Waals surface area contributed by atoms with Crippen molar-refractivity contribution >= 4 is 34.2 Å². The molecule has 1 N–H and O–H groups in total. The third-order valence-corrected chi connectivity index (χ3v) is 8.15. The average Bonchev–Trinajstić information content (AvgIpc) is 3.36. The van der Waals surface area contributed by atoms with Crippen LogP contribution in [0.15, 0.2) is 65.5 Å². The largest absolute Gasteiger partial charge is 0.462 e. The lowest BCUT2D eigenvalue weighted by Crippen LogP contribution is -2.35. The average molecular weight is 586 g/mol. The van der Waals surface area contributed by atoms with Crippen molar-refractivity contribution in [2.45, 2.75) is 46.1 Å². The molecule has 0 saturated heterocycles. The zero-order valence-corrected chi connectivity index (χ0v) is 24.3. The van der Waals surface area contributed by atoms with Crippen molar-refractivity contribution in [3.8, 4) is 22.4 Å². The Morgan fingerprint density at radius 3 is 2.10 bits per heavy atom. The molecule has 5 rings (SSSR count). The molecule has 0 radical (unpaired) electrons. The number of amides is 1. The smallest absolute Gasteiger partial charge is 0.344 e. The van der Waals surface area contributed by atoms with Gasteiger partial charge in [0.15, 0.2) is 0 Å². The van der Waals surface area contributed by atoms with Crippen LogP contribution < -0.4 is 10.9 Å². The maximum absolute atomic E-state index is 13.8. The number of hydrogen-bond acceptors (Lipinski definition) is 8. The molecule has 0 unspecified atom stereocenters. The lowest BCUT2D eigenvalue weighted by Gasteiger charge is -2.17. The van der Waals surface area contributed by atoms with Crippen LogP contribution in [0.2, 0.25) is 0 Å². The Bertz CT molecular complexity index is 1680. The zero-order chi connectivity index (χ0) is 29.6. The summed E-state index contributed by atoms with van der Waals surface area (Å²) in [7, 11) is 0. The van der Waals surface area contributed by atoms with Crippen LogP contribution in [0.1, 0.15) is 57.8 Å². The van der Waals surface area contributed by atoms with Crippen molar-refractivity contribution in [1.82, 2.24) is 9.78 Å². The van der Waals surface area contributed by atoms with Crippen LogP contribution in [-0.2, 0) is 33.7 Å². The van der Waals surface area contributed by atoms with E-state index >= 15 is 0 Å². The van der Waals surface area contributed by atoms with Gasteiger partial charge in [0.1, 0.15) is 17.1 Å². The van der Waals surface area contributed by atoms with Crippen molar-refractivity contribution in [2.75, 3.05) is 18.5 Å². The molecule has 2 aromatic carbocycles.